The maximum absolute atomic E-state index is 12.5. The molecule has 118 valence electrons. The van der Waals surface area contributed by atoms with Crippen LogP contribution in [0, 0.1) is 5.41 Å². The molecule has 0 unspecified atom stereocenters. The van der Waals surface area contributed by atoms with Gasteiger partial charge in [-0.25, -0.2) is 0 Å². The predicted octanol–water partition coefficient (Wildman–Crippen LogP) is 3.05. The summed E-state index contributed by atoms with van der Waals surface area (Å²) < 4.78 is 48.5. The lowest BCUT2D eigenvalue weighted by atomic mass is 9.62. The van der Waals surface area contributed by atoms with Crippen molar-refractivity contribution >= 4 is 11.3 Å². The first-order chi connectivity index (χ1) is 9.87. The van der Waals surface area contributed by atoms with Crippen molar-refractivity contribution in [3.63, 3.8) is 0 Å². The van der Waals surface area contributed by atoms with E-state index in [2.05, 4.69) is 5.32 Å². The number of thiophene rings is 1. The Bertz CT molecular complexity index is 509. The Morgan fingerprint density at radius 1 is 1.43 bits per heavy atom. The van der Waals surface area contributed by atoms with Crippen LogP contribution < -0.4 is 5.32 Å². The molecular formula is C14H18F3NO2S. The van der Waals surface area contributed by atoms with Crippen LogP contribution in [0.3, 0.4) is 0 Å². The fraction of sp³-hybridized carbons (Fsp3) is 0.714. The zero-order valence-corrected chi connectivity index (χ0v) is 12.6. The predicted molar refractivity (Wildman–Crippen MR) is 73.3 cm³/mol. The fourth-order valence-electron chi connectivity index (χ4n) is 3.50. The van der Waals surface area contributed by atoms with Gasteiger partial charge in [0.25, 0.3) is 0 Å². The van der Waals surface area contributed by atoms with Crippen molar-refractivity contribution in [3.05, 3.63) is 21.9 Å². The zero-order valence-electron chi connectivity index (χ0n) is 11.8. The molecule has 2 bridgehead atoms. The number of methoxy groups -OCH3 is 1. The lowest BCUT2D eigenvalue weighted by Crippen LogP contribution is -2.51. The monoisotopic (exact) mass is 321 g/mol. The van der Waals surface area contributed by atoms with Gasteiger partial charge in [-0.3, -0.25) is 0 Å². The van der Waals surface area contributed by atoms with Gasteiger partial charge in [-0.2, -0.15) is 13.2 Å². The third kappa shape index (κ3) is 2.97. The average Bonchev–Trinajstić information content (AvgIpc) is 3.01. The molecule has 0 amide bonds. The first kappa shape index (κ1) is 15.3. The molecular weight excluding hydrogens is 303 g/mol. The van der Waals surface area contributed by atoms with Crippen LogP contribution in [0.2, 0.25) is 0 Å². The van der Waals surface area contributed by atoms with E-state index >= 15 is 0 Å². The molecule has 7 heteroatoms. The molecule has 1 aromatic heterocycles. The number of fused-ring (bicyclic) bond motifs is 1. The Morgan fingerprint density at radius 2 is 2.19 bits per heavy atom. The van der Waals surface area contributed by atoms with E-state index in [9.17, 15) is 13.2 Å². The van der Waals surface area contributed by atoms with Crippen molar-refractivity contribution in [3.8, 4) is 0 Å². The molecule has 21 heavy (non-hydrogen) atoms. The summed E-state index contributed by atoms with van der Waals surface area (Å²) in [5.74, 6) is 0. The summed E-state index contributed by atoms with van der Waals surface area (Å²) in [7, 11) is 1.67. The van der Waals surface area contributed by atoms with Crippen molar-refractivity contribution in [2.75, 3.05) is 26.9 Å². The molecule has 3 aliphatic rings. The molecule has 0 spiro atoms. The standard InChI is InChI=1S/C14H18F3NO2S/c1-19-9-13-5-12(6-13,8-20-13)7-18-3-10-2-11(21-4-10)14(15,16)17/h2,4,18H,3,5-9H2,1H3. The first-order valence-corrected chi connectivity index (χ1v) is 7.73. The van der Waals surface area contributed by atoms with Gasteiger partial charge >= 0.3 is 6.18 Å². The lowest BCUT2D eigenvalue weighted by Gasteiger charge is -2.44. The second kappa shape index (κ2) is 5.22. The first-order valence-electron chi connectivity index (χ1n) is 6.85. The molecule has 0 atom stereocenters. The van der Waals surface area contributed by atoms with Crippen molar-refractivity contribution in [2.24, 2.45) is 5.41 Å². The summed E-state index contributed by atoms with van der Waals surface area (Å²) >= 11 is 0.748. The zero-order chi connectivity index (χ0) is 15.1. The van der Waals surface area contributed by atoms with E-state index in [4.69, 9.17) is 9.47 Å². The van der Waals surface area contributed by atoms with Crippen LogP contribution in [0.5, 0.6) is 0 Å². The second-order valence-electron chi connectivity index (χ2n) is 6.18. The van der Waals surface area contributed by atoms with Gasteiger partial charge in [0.15, 0.2) is 0 Å². The van der Waals surface area contributed by atoms with E-state index in [-0.39, 0.29) is 11.0 Å². The van der Waals surface area contributed by atoms with Crippen molar-refractivity contribution < 1.29 is 22.6 Å². The molecule has 2 aliphatic heterocycles. The van der Waals surface area contributed by atoms with Crippen LogP contribution >= 0.6 is 11.3 Å². The van der Waals surface area contributed by atoms with E-state index in [1.54, 1.807) is 12.5 Å². The fourth-order valence-corrected chi connectivity index (χ4v) is 4.28. The minimum absolute atomic E-state index is 0.109. The van der Waals surface area contributed by atoms with Crippen LogP contribution in [0.25, 0.3) is 0 Å². The van der Waals surface area contributed by atoms with Gasteiger partial charge in [0.2, 0.25) is 0 Å². The highest BCUT2D eigenvalue weighted by Gasteiger charge is 2.61. The smallest absolute Gasteiger partial charge is 0.382 e. The van der Waals surface area contributed by atoms with Gasteiger partial charge in [-0.05, 0) is 29.9 Å². The number of hydrogen-bond acceptors (Lipinski definition) is 4. The quantitative estimate of drug-likeness (QED) is 0.873. The molecule has 3 fully saturated rings. The average molecular weight is 321 g/mol. The third-order valence-corrected chi connectivity index (χ3v) is 5.27. The van der Waals surface area contributed by atoms with Gasteiger partial charge < -0.3 is 14.8 Å². The van der Waals surface area contributed by atoms with Crippen molar-refractivity contribution in [2.45, 2.75) is 31.2 Å². The summed E-state index contributed by atoms with van der Waals surface area (Å²) in [4.78, 5) is -0.538. The topological polar surface area (TPSA) is 30.5 Å². The number of halogens is 3. The maximum atomic E-state index is 12.5. The van der Waals surface area contributed by atoms with Crippen molar-refractivity contribution in [1.82, 2.24) is 5.32 Å². The summed E-state index contributed by atoms with van der Waals surface area (Å²) in [6.07, 6.45) is -2.30. The highest BCUT2D eigenvalue weighted by Crippen LogP contribution is 2.57. The minimum Gasteiger partial charge on any atom is -0.382 e. The van der Waals surface area contributed by atoms with Crippen LogP contribution in [0.4, 0.5) is 13.2 Å². The molecule has 0 radical (unpaired) electrons. The van der Waals surface area contributed by atoms with Gasteiger partial charge in [-0.15, -0.1) is 11.3 Å². The van der Waals surface area contributed by atoms with Gasteiger partial charge in [-0.1, -0.05) is 0 Å². The number of rotatable bonds is 6. The highest BCUT2D eigenvalue weighted by atomic mass is 32.1. The van der Waals surface area contributed by atoms with Crippen molar-refractivity contribution in [1.29, 1.82) is 0 Å². The number of nitrogens with one attached hydrogen (secondary N) is 1. The van der Waals surface area contributed by atoms with Gasteiger partial charge in [0.05, 0.1) is 18.8 Å². The Kier molecular flexibility index (Phi) is 3.80. The van der Waals surface area contributed by atoms with Crippen LogP contribution in [-0.2, 0) is 22.2 Å². The molecule has 3 nitrogen and oxygen atoms in total. The van der Waals surface area contributed by atoms with E-state index in [1.165, 1.54) is 6.07 Å². The lowest BCUT2D eigenvalue weighted by molar-refractivity contribution is -0.134. The van der Waals surface area contributed by atoms with E-state index in [0.29, 0.717) is 25.3 Å². The second-order valence-corrected chi connectivity index (χ2v) is 7.09. The minimum atomic E-state index is -4.24. The normalized spacial score (nSPS) is 31.4. The number of alkyl halides is 3. The Morgan fingerprint density at radius 3 is 2.81 bits per heavy atom. The van der Waals surface area contributed by atoms with Gasteiger partial charge in [0.1, 0.15) is 4.88 Å². The summed E-state index contributed by atoms with van der Waals surface area (Å²) in [5, 5.41) is 4.83. The third-order valence-electron chi connectivity index (χ3n) is 4.25. The highest BCUT2D eigenvalue weighted by molar-refractivity contribution is 7.10. The Labute approximate surface area is 125 Å². The Hall–Kier alpha value is -0.630. The molecule has 2 saturated heterocycles. The largest absolute Gasteiger partial charge is 0.425 e. The summed E-state index contributed by atoms with van der Waals surface area (Å²) in [6, 6.07) is 1.22. The molecule has 0 aromatic carbocycles. The number of ether oxygens (including phenoxy) is 2. The van der Waals surface area contributed by atoms with Gasteiger partial charge in [0, 0.05) is 25.6 Å². The van der Waals surface area contributed by atoms with E-state index in [1.807, 2.05) is 0 Å². The molecule has 4 rings (SSSR count). The number of hydrogen-bond donors (Lipinski definition) is 1. The SMILES string of the molecule is COCC12CC(CNCc3csc(C(F)(F)F)c3)(CO1)C2. The Balaban J connectivity index is 1.47. The molecule has 1 N–H and O–H groups in total. The summed E-state index contributed by atoms with van der Waals surface area (Å²) in [5.41, 5.74) is 0.717. The van der Waals surface area contributed by atoms with E-state index < -0.39 is 11.1 Å². The summed E-state index contributed by atoms with van der Waals surface area (Å²) in [6.45, 7) is 2.57. The molecule has 3 heterocycles. The maximum Gasteiger partial charge on any atom is 0.425 e. The van der Waals surface area contributed by atoms with Crippen LogP contribution in [-0.4, -0.2) is 32.5 Å². The van der Waals surface area contributed by atoms with Crippen LogP contribution in [0.15, 0.2) is 11.4 Å². The van der Waals surface area contributed by atoms with E-state index in [0.717, 1.165) is 30.7 Å². The van der Waals surface area contributed by atoms with Crippen LogP contribution in [0.1, 0.15) is 23.3 Å². The molecule has 1 saturated carbocycles. The molecule has 1 aromatic rings. The molecule has 1 aliphatic carbocycles.